The summed E-state index contributed by atoms with van der Waals surface area (Å²) in [5, 5.41) is 0. The van der Waals surface area contributed by atoms with Crippen LogP contribution in [0.25, 0.3) is 0 Å². The van der Waals surface area contributed by atoms with E-state index in [-0.39, 0.29) is 6.42 Å². The Morgan fingerprint density at radius 1 is 1.13 bits per heavy atom. The predicted molar refractivity (Wildman–Crippen MR) is 55.9 cm³/mol. The zero-order valence-corrected chi connectivity index (χ0v) is 9.07. The lowest BCUT2D eigenvalue weighted by atomic mass is 10.1. The monoisotopic (exact) mass is 210 g/mol. The van der Waals surface area contributed by atoms with Gasteiger partial charge < -0.3 is 19.0 Å². The summed E-state index contributed by atoms with van der Waals surface area (Å²) < 4.78 is 15.4. The van der Waals surface area contributed by atoms with E-state index in [0.29, 0.717) is 17.2 Å². The molecule has 0 aliphatic rings. The molecule has 4 heteroatoms. The van der Waals surface area contributed by atoms with E-state index >= 15 is 0 Å². The number of hydrogen-bond donors (Lipinski definition) is 0. The SMILES string of the molecule is COc1cc(CC=O)c(OC)c(OC)c1. The van der Waals surface area contributed by atoms with E-state index in [2.05, 4.69) is 0 Å². The molecule has 1 aromatic rings. The first-order chi connectivity index (χ1) is 7.26. The molecular formula is C11H14O4. The van der Waals surface area contributed by atoms with Crippen molar-refractivity contribution < 1.29 is 19.0 Å². The van der Waals surface area contributed by atoms with Gasteiger partial charge in [-0.1, -0.05) is 0 Å². The number of methoxy groups -OCH3 is 3. The molecule has 0 aromatic heterocycles. The van der Waals surface area contributed by atoms with Crippen LogP contribution < -0.4 is 14.2 Å². The summed E-state index contributed by atoms with van der Waals surface area (Å²) in [4.78, 5) is 10.5. The standard InChI is InChI=1S/C11H14O4/c1-13-9-6-8(4-5-12)11(15-3)10(7-9)14-2/h5-7H,4H2,1-3H3. The summed E-state index contributed by atoms with van der Waals surface area (Å²) in [6.45, 7) is 0. The van der Waals surface area contributed by atoms with Gasteiger partial charge in [0, 0.05) is 18.1 Å². The van der Waals surface area contributed by atoms with Crippen LogP contribution in [0.2, 0.25) is 0 Å². The van der Waals surface area contributed by atoms with Gasteiger partial charge >= 0.3 is 0 Å². The van der Waals surface area contributed by atoms with Gasteiger partial charge in [0.2, 0.25) is 0 Å². The summed E-state index contributed by atoms with van der Waals surface area (Å²) in [7, 11) is 4.65. The van der Waals surface area contributed by atoms with Crippen molar-refractivity contribution in [3.05, 3.63) is 17.7 Å². The van der Waals surface area contributed by atoms with Crippen molar-refractivity contribution in [2.24, 2.45) is 0 Å². The highest BCUT2D eigenvalue weighted by Crippen LogP contribution is 2.35. The first kappa shape index (κ1) is 11.4. The van der Waals surface area contributed by atoms with Gasteiger partial charge in [-0.2, -0.15) is 0 Å². The maximum Gasteiger partial charge on any atom is 0.164 e. The van der Waals surface area contributed by atoms with E-state index in [4.69, 9.17) is 14.2 Å². The Kier molecular flexibility index (Phi) is 3.97. The molecule has 0 amide bonds. The highest BCUT2D eigenvalue weighted by molar-refractivity contribution is 5.62. The Balaban J connectivity index is 3.25. The van der Waals surface area contributed by atoms with Crippen LogP contribution in [0, 0.1) is 0 Å². The topological polar surface area (TPSA) is 44.8 Å². The molecule has 0 fully saturated rings. The first-order valence-corrected chi connectivity index (χ1v) is 4.49. The third-order valence-corrected chi connectivity index (χ3v) is 2.07. The molecule has 0 radical (unpaired) electrons. The van der Waals surface area contributed by atoms with Crippen molar-refractivity contribution in [1.82, 2.24) is 0 Å². The number of hydrogen-bond acceptors (Lipinski definition) is 4. The molecule has 0 aliphatic carbocycles. The van der Waals surface area contributed by atoms with Crippen LogP contribution >= 0.6 is 0 Å². The molecule has 15 heavy (non-hydrogen) atoms. The second-order valence-corrected chi connectivity index (χ2v) is 2.89. The number of benzene rings is 1. The largest absolute Gasteiger partial charge is 0.497 e. The van der Waals surface area contributed by atoms with Gasteiger partial charge in [0.25, 0.3) is 0 Å². The van der Waals surface area contributed by atoms with Crippen LogP contribution in [0.3, 0.4) is 0 Å². The number of carbonyl (C=O) groups is 1. The molecular weight excluding hydrogens is 196 g/mol. The Morgan fingerprint density at radius 2 is 1.87 bits per heavy atom. The fraction of sp³-hybridized carbons (Fsp3) is 0.364. The summed E-state index contributed by atoms with van der Waals surface area (Å²) in [5.74, 6) is 1.78. The Morgan fingerprint density at radius 3 is 2.33 bits per heavy atom. The normalized spacial score (nSPS) is 9.53. The average molecular weight is 210 g/mol. The summed E-state index contributed by atoms with van der Waals surface area (Å²) >= 11 is 0. The maximum atomic E-state index is 10.5. The number of ether oxygens (including phenoxy) is 3. The molecule has 0 heterocycles. The lowest BCUT2D eigenvalue weighted by molar-refractivity contribution is -0.107. The summed E-state index contributed by atoms with van der Waals surface area (Å²) in [5.41, 5.74) is 0.753. The average Bonchev–Trinajstić information content (AvgIpc) is 2.28. The molecule has 0 unspecified atom stereocenters. The first-order valence-electron chi connectivity index (χ1n) is 4.49. The molecule has 0 N–H and O–H groups in total. The van der Waals surface area contributed by atoms with E-state index in [1.54, 1.807) is 33.5 Å². The van der Waals surface area contributed by atoms with Gasteiger partial charge in [-0.05, 0) is 6.07 Å². The number of aldehydes is 1. The molecule has 1 rings (SSSR count). The van der Waals surface area contributed by atoms with Crippen LogP contribution in [-0.2, 0) is 11.2 Å². The highest BCUT2D eigenvalue weighted by atomic mass is 16.5. The smallest absolute Gasteiger partial charge is 0.164 e. The van der Waals surface area contributed by atoms with Crippen molar-refractivity contribution in [3.63, 3.8) is 0 Å². The molecule has 4 nitrogen and oxygen atoms in total. The highest BCUT2D eigenvalue weighted by Gasteiger charge is 2.12. The fourth-order valence-electron chi connectivity index (χ4n) is 1.37. The summed E-state index contributed by atoms with van der Waals surface area (Å²) in [6, 6.07) is 3.48. The quantitative estimate of drug-likeness (QED) is 0.690. The van der Waals surface area contributed by atoms with Crippen LogP contribution in [-0.4, -0.2) is 27.6 Å². The third kappa shape index (κ3) is 2.40. The van der Waals surface area contributed by atoms with Gasteiger partial charge in [0.15, 0.2) is 11.5 Å². The van der Waals surface area contributed by atoms with Gasteiger partial charge in [0.1, 0.15) is 12.0 Å². The molecule has 0 aliphatic heterocycles. The lowest BCUT2D eigenvalue weighted by Crippen LogP contribution is -1.98. The molecule has 0 saturated carbocycles. The Bertz CT molecular complexity index is 347. The van der Waals surface area contributed by atoms with Crippen molar-refractivity contribution in [2.45, 2.75) is 6.42 Å². The third-order valence-electron chi connectivity index (χ3n) is 2.07. The summed E-state index contributed by atoms with van der Waals surface area (Å²) in [6.07, 6.45) is 1.09. The molecule has 0 bridgehead atoms. The van der Waals surface area contributed by atoms with Crippen LogP contribution in [0.5, 0.6) is 17.2 Å². The second-order valence-electron chi connectivity index (χ2n) is 2.89. The molecule has 82 valence electrons. The zero-order chi connectivity index (χ0) is 11.3. The van der Waals surface area contributed by atoms with Crippen LogP contribution in [0.4, 0.5) is 0 Å². The Labute approximate surface area is 88.8 Å². The van der Waals surface area contributed by atoms with E-state index in [9.17, 15) is 4.79 Å². The van der Waals surface area contributed by atoms with Crippen molar-refractivity contribution in [3.8, 4) is 17.2 Å². The predicted octanol–water partition coefficient (Wildman–Crippen LogP) is 1.45. The lowest BCUT2D eigenvalue weighted by Gasteiger charge is -2.13. The van der Waals surface area contributed by atoms with E-state index < -0.39 is 0 Å². The minimum absolute atomic E-state index is 0.275. The van der Waals surface area contributed by atoms with E-state index in [0.717, 1.165) is 11.8 Å². The van der Waals surface area contributed by atoms with Crippen molar-refractivity contribution in [2.75, 3.05) is 21.3 Å². The maximum absolute atomic E-state index is 10.5. The minimum atomic E-state index is 0.275. The van der Waals surface area contributed by atoms with Crippen molar-refractivity contribution in [1.29, 1.82) is 0 Å². The number of carbonyl (C=O) groups excluding carboxylic acids is 1. The molecule has 0 spiro atoms. The van der Waals surface area contributed by atoms with Gasteiger partial charge in [-0.25, -0.2) is 0 Å². The van der Waals surface area contributed by atoms with E-state index in [1.165, 1.54) is 0 Å². The van der Waals surface area contributed by atoms with Crippen LogP contribution in [0.1, 0.15) is 5.56 Å². The van der Waals surface area contributed by atoms with Gasteiger partial charge in [0.05, 0.1) is 21.3 Å². The molecule has 0 saturated heterocycles. The number of rotatable bonds is 5. The van der Waals surface area contributed by atoms with Crippen molar-refractivity contribution >= 4 is 6.29 Å². The van der Waals surface area contributed by atoms with Gasteiger partial charge in [-0.3, -0.25) is 0 Å². The minimum Gasteiger partial charge on any atom is -0.497 e. The molecule has 0 atom stereocenters. The fourth-order valence-corrected chi connectivity index (χ4v) is 1.37. The zero-order valence-electron chi connectivity index (χ0n) is 9.07. The Hall–Kier alpha value is -1.71. The van der Waals surface area contributed by atoms with E-state index in [1.807, 2.05) is 0 Å². The van der Waals surface area contributed by atoms with Gasteiger partial charge in [-0.15, -0.1) is 0 Å². The van der Waals surface area contributed by atoms with Crippen LogP contribution in [0.15, 0.2) is 12.1 Å². The second kappa shape index (κ2) is 5.24. The molecule has 1 aromatic carbocycles.